The van der Waals surface area contributed by atoms with Gasteiger partial charge in [-0.15, -0.1) is 11.6 Å². The molecule has 0 saturated carbocycles. The molecule has 23 heavy (non-hydrogen) atoms. The molecule has 1 atom stereocenters. The van der Waals surface area contributed by atoms with E-state index in [2.05, 4.69) is 12.1 Å². The summed E-state index contributed by atoms with van der Waals surface area (Å²) < 4.78 is 0. The highest BCUT2D eigenvalue weighted by Gasteiger charge is 2.33. The van der Waals surface area contributed by atoms with E-state index < -0.39 is 5.41 Å². The minimum Gasteiger partial charge on any atom is -0.336 e. The van der Waals surface area contributed by atoms with Crippen molar-refractivity contribution in [2.45, 2.75) is 33.2 Å². The van der Waals surface area contributed by atoms with Crippen LogP contribution in [0.15, 0.2) is 24.3 Å². The molecule has 0 bridgehead atoms. The normalized spacial score (nSPS) is 17.6. The molecule has 2 rings (SSSR count). The number of benzene rings is 1. The van der Waals surface area contributed by atoms with Gasteiger partial charge in [0.2, 0.25) is 11.8 Å². The molecule has 2 amide bonds. The first kappa shape index (κ1) is 17.8. The second-order valence-corrected chi connectivity index (χ2v) is 7.16. The van der Waals surface area contributed by atoms with E-state index in [1.807, 2.05) is 24.0 Å². The lowest BCUT2D eigenvalue weighted by atomic mass is 9.93. The second-order valence-electron chi connectivity index (χ2n) is 6.89. The third-order valence-corrected chi connectivity index (χ3v) is 5.22. The third-order valence-electron chi connectivity index (χ3n) is 4.55. The molecule has 5 heteroatoms. The number of alkyl halides is 1. The Balaban J connectivity index is 2.06. The minimum atomic E-state index is -0.656. The second kappa shape index (κ2) is 6.91. The van der Waals surface area contributed by atoms with Gasteiger partial charge in [0.15, 0.2) is 0 Å². The number of likely N-dealkylation sites (N-methyl/N-ethyl adjacent to an activating group) is 1. The van der Waals surface area contributed by atoms with E-state index in [4.69, 9.17) is 11.6 Å². The lowest BCUT2D eigenvalue weighted by Gasteiger charge is -2.37. The predicted molar refractivity (Wildman–Crippen MR) is 92.4 cm³/mol. The average molecular weight is 337 g/mol. The Kier molecular flexibility index (Phi) is 5.35. The fraction of sp³-hybridized carbons (Fsp3) is 0.556. The highest BCUT2D eigenvalue weighted by Crippen LogP contribution is 2.29. The van der Waals surface area contributed by atoms with Crippen LogP contribution in [0.3, 0.4) is 0 Å². The van der Waals surface area contributed by atoms with Crippen LogP contribution in [0.4, 0.5) is 0 Å². The van der Waals surface area contributed by atoms with Gasteiger partial charge in [0.05, 0.1) is 18.0 Å². The summed E-state index contributed by atoms with van der Waals surface area (Å²) in [4.78, 5) is 28.4. The van der Waals surface area contributed by atoms with Gasteiger partial charge in [-0.1, -0.05) is 24.3 Å². The summed E-state index contributed by atoms with van der Waals surface area (Å²) in [7, 11) is 1.66. The number of fused-ring (bicyclic) bond motifs is 1. The van der Waals surface area contributed by atoms with Crippen molar-refractivity contribution < 1.29 is 9.59 Å². The van der Waals surface area contributed by atoms with E-state index >= 15 is 0 Å². The smallest absolute Gasteiger partial charge is 0.242 e. The molecule has 1 unspecified atom stereocenters. The first-order chi connectivity index (χ1) is 10.8. The van der Waals surface area contributed by atoms with Crippen LogP contribution in [0.1, 0.15) is 37.9 Å². The van der Waals surface area contributed by atoms with Crippen molar-refractivity contribution in [3.8, 4) is 0 Å². The van der Waals surface area contributed by atoms with Gasteiger partial charge < -0.3 is 9.80 Å². The van der Waals surface area contributed by atoms with Crippen LogP contribution in [0.5, 0.6) is 0 Å². The molecule has 0 spiro atoms. The van der Waals surface area contributed by atoms with E-state index in [0.717, 1.165) is 6.42 Å². The molecule has 1 aromatic rings. The number of rotatable bonds is 4. The van der Waals surface area contributed by atoms with Crippen LogP contribution in [-0.4, -0.2) is 47.6 Å². The maximum atomic E-state index is 12.6. The van der Waals surface area contributed by atoms with Crippen molar-refractivity contribution in [2.24, 2.45) is 5.41 Å². The summed E-state index contributed by atoms with van der Waals surface area (Å²) in [6, 6.07) is 8.26. The molecule has 0 aromatic heterocycles. The summed E-state index contributed by atoms with van der Waals surface area (Å²) >= 11 is 5.85. The summed E-state index contributed by atoms with van der Waals surface area (Å²) in [6.45, 7) is 6.41. The first-order valence-electron chi connectivity index (χ1n) is 7.96. The number of halogens is 1. The van der Waals surface area contributed by atoms with Gasteiger partial charge in [-0.05, 0) is 38.3 Å². The van der Waals surface area contributed by atoms with Gasteiger partial charge in [-0.3, -0.25) is 9.59 Å². The van der Waals surface area contributed by atoms with Crippen LogP contribution in [-0.2, 0) is 16.0 Å². The van der Waals surface area contributed by atoms with Crippen molar-refractivity contribution in [2.75, 3.05) is 26.0 Å². The van der Waals surface area contributed by atoms with E-state index in [-0.39, 0.29) is 30.3 Å². The molecule has 1 aromatic carbocycles. The molecule has 1 aliphatic rings. The predicted octanol–water partition coefficient (Wildman–Crippen LogP) is 2.86. The summed E-state index contributed by atoms with van der Waals surface area (Å²) in [5.74, 6) is 0.108. The zero-order chi connectivity index (χ0) is 17.2. The lowest BCUT2D eigenvalue weighted by molar-refractivity contribution is -0.145. The minimum absolute atomic E-state index is 0.0202. The van der Waals surface area contributed by atoms with Crippen LogP contribution in [0.25, 0.3) is 0 Å². The van der Waals surface area contributed by atoms with Crippen LogP contribution in [0, 0.1) is 5.41 Å². The molecule has 0 saturated heterocycles. The van der Waals surface area contributed by atoms with Crippen molar-refractivity contribution in [3.05, 3.63) is 35.4 Å². The van der Waals surface area contributed by atoms with Gasteiger partial charge in [0, 0.05) is 19.5 Å². The maximum Gasteiger partial charge on any atom is 0.242 e. The standard InChI is InChI=1S/C18H25ClN2O2/c1-13-15-8-6-5-7-14(15)9-10-21(13)16(22)11-20(4)17(23)18(2,3)12-19/h5-8,13H,9-12H2,1-4H3. The molecule has 126 valence electrons. The monoisotopic (exact) mass is 336 g/mol. The van der Waals surface area contributed by atoms with Crippen molar-refractivity contribution in [1.82, 2.24) is 9.80 Å². The maximum absolute atomic E-state index is 12.6. The highest BCUT2D eigenvalue weighted by atomic mass is 35.5. The first-order valence-corrected chi connectivity index (χ1v) is 8.50. The molecule has 0 N–H and O–H groups in total. The Labute approximate surface area is 143 Å². The average Bonchev–Trinajstić information content (AvgIpc) is 2.54. The van der Waals surface area contributed by atoms with Gasteiger partial charge in [-0.2, -0.15) is 0 Å². The van der Waals surface area contributed by atoms with Crippen LogP contribution in [0.2, 0.25) is 0 Å². The number of hydrogen-bond acceptors (Lipinski definition) is 2. The van der Waals surface area contributed by atoms with Crippen molar-refractivity contribution in [1.29, 1.82) is 0 Å². The number of carbonyl (C=O) groups excluding carboxylic acids is 2. The molecule has 1 aliphatic heterocycles. The fourth-order valence-corrected chi connectivity index (χ4v) is 3.17. The number of nitrogens with zero attached hydrogens (tertiary/aromatic N) is 2. The van der Waals surface area contributed by atoms with Crippen molar-refractivity contribution >= 4 is 23.4 Å². The van der Waals surface area contributed by atoms with E-state index in [0.29, 0.717) is 6.54 Å². The number of amides is 2. The Morgan fingerprint density at radius 1 is 1.35 bits per heavy atom. The Bertz CT molecular complexity index is 600. The Morgan fingerprint density at radius 3 is 2.65 bits per heavy atom. The molecule has 1 heterocycles. The molecular formula is C18H25ClN2O2. The summed E-state index contributed by atoms with van der Waals surface area (Å²) in [5.41, 5.74) is 1.84. The van der Waals surface area contributed by atoms with Gasteiger partial charge in [0.25, 0.3) is 0 Å². The van der Waals surface area contributed by atoms with Crippen LogP contribution >= 0.6 is 11.6 Å². The Morgan fingerprint density at radius 2 is 2.00 bits per heavy atom. The third kappa shape index (κ3) is 3.69. The van der Waals surface area contributed by atoms with Gasteiger partial charge >= 0.3 is 0 Å². The van der Waals surface area contributed by atoms with Gasteiger partial charge in [0.1, 0.15) is 0 Å². The highest BCUT2D eigenvalue weighted by molar-refractivity contribution is 6.19. The lowest BCUT2D eigenvalue weighted by Crippen LogP contribution is -2.47. The topological polar surface area (TPSA) is 40.6 Å². The summed E-state index contributed by atoms with van der Waals surface area (Å²) in [6.07, 6.45) is 0.858. The van der Waals surface area contributed by atoms with Crippen LogP contribution < -0.4 is 0 Å². The molecule has 0 aliphatic carbocycles. The van der Waals surface area contributed by atoms with Gasteiger partial charge in [-0.25, -0.2) is 0 Å². The van der Waals surface area contributed by atoms with Crippen molar-refractivity contribution in [3.63, 3.8) is 0 Å². The molecular weight excluding hydrogens is 312 g/mol. The quantitative estimate of drug-likeness (QED) is 0.793. The van der Waals surface area contributed by atoms with E-state index in [1.165, 1.54) is 16.0 Å². The summed E-state index contributed by atoms with van der Waals surface area (Å²) in [5, 5.41) is 0. The SMILES string of the molecule is CC1c2ccccc2CCN1C(=O)CN(C)C(=O)C(C)(C)CCl. The molecule has 0 fully saturated rings. The number of hydrogen-bond donors (Lipinski definition) is 0. The Hall–Kier alpha value is -1.55. The fourth-order valence-electron chi connectivity index (χ4n) is 3.05. The van der Waals surface area contributed by atoms with E-state index in [1.54, 1.807) is 20.9 Å². The number of carbonyl (C=O) groups is 2. The zero-order valence-corrected chi connectivity index (χ0v) is 15.1. The molecule has 4 nitrogen and oxygen atoms in total. The molecule has 0 radical (unpaired) electrons. The van der Waals surface area contributed by atoms with E-state index in [9.17, 15) is 9.59 Å². The zero-order valence-electron chi connectivity index (χ0n) is 14.3. The largest absolute Gasteiger partial charge is 0.336 e.